The quantitative estimate of drug-likeness (QED) is 0.160. The van der Waals surface area contributed by atoms with Gasteiger partial charge in [-0.15, -0.1) is 0 Å². The number of hydrogen-bond acceptors (Lipinski definition) is 7. The number of aliphatic hydroxyl groups is 1. The van der Waals surface area contributed by atoms with Gasteiger partial charge in [-0.05, 0) is 47.9 Å². The van der Waals surface area contributed by atoms with Crippen molar-refractivity contribution in [1.82, 2.24) is 9.88 Å². The van der Waals surface area contributed by atoms with E-state index in [-0.39, 0.29) is 17.9 Å². The lowest BCUT2D eigenvalue weighted by Crippen LogP contribution is -2.29. The topological polar surface area (TPSA) is 98.2 Å². The molecule has 2 aromatic carbocycles. The molecule has 0 saturated carbocycles. The zero-order valence-electron chi connectivity index (χ0n) is 21.8. The van der Waals surface area contributed by atoms with Crippen LogP contribution < -0.4 is 14.2 Å². The highest BCUT2D eigenvalue weighted by Gasteiger charge is 2.46. The molecule has 1 amide bonds. The Bertz CT molecular complexity index is 1320. The maximum absolute atomic E-state index is 13.4. The van der Waals surface area contributed by atoms with Crippen molar-refractivity contribution in [3.8, 4) is 17.2 Å². The third kappa shape index (κ3) is 5.64. The first-order valence-electron chi connectivity index (χ1n) is 12.6. The summed E-state index contributed by atoms with van der Waals surface area (Å²) in [4.78, 5) is 32.3. The van der Waals surface area contributed by atoms with Crippen LogP contribution in [0.2, 0.25) is 0 Å². The van der Waals surface area contributed by atoms with Crippen LogP contribution in [0, 0.1) is 0 Å². The second kappa shape index (κ2) is 12.3. The summed E-state index contributed by atoms with van der Waals surface area (Å²) in [5.74, 6) is -0.182. The largest absolute Gasteiger partial charge is 0.507 e. The number of carbonyl (C=O) groups excluding carboxylic acids is 2. The third-order valence-corrected chi connectivity index (χ3v) is 6.47. The molecule has 1 aromatic heterocycles. The third-order valence-electron chi connectivity index (χ3n) is 6.47. The fourth-order valence-corrected chi connectivity index (χ4v) is 4.51. The summed E-state index contributed by atoms with van der Waals surface area (Å²) in [6, 6.07) is 14.8. The number of ketones is 1. The lowest BCUT2D eigenvalue weighted by Gasteiger charge is -2.26. The van der Waals surface area contributed by atoms with Crippen LogP contribution in [0.3, 0.4) is 0 Å². The second-order valence-corrected chi connectivity index (χ2v) is 8.99. The summed E-state index contributed by atoms with van der Waals surface area (Å²) in [7, 11) is 3.06. The minimum atomic E-state index is -0.857. The Kier molecular flexibility index (Phi) is 8.63. The zero-order chi connectivity index (χ0) is 27.1. The molecule has 1 fully saturated rings. The molecule has 1 aliphatic rings. The molecule has 0 radical (unpaired) electrons. The zero-order valence-corrected chi connectivity index (χ0v) is 21.8. The molecule has 0 aliphatic carbocycles. The van der Waals surface area contributed by atoms with Crippen molar-refractivity contribution < 1.29 is 28.9 Å². The fourth-order valence-electron chi connectivity index (χ4n) is 4.51. The van der Waals surface area contributed by atoms with Crippen LogP contribution in [0.1, 0.15) is 48.9 Å². The Balaban J connectivity index is 1.80. The number of amides is 1. The number of unbranched alkanes of at least 4 members (excludes halogenated alkanes) is 2. The molecule has 4 rings (SSSR count). The van der Waals surface area contributed by atoms with Gasteiger partial charge in [0.15, 0.2) is 11.5 Å². The molecule has 8 nitrogen and oxygen atoms in total. The Morgan fingerprint density at radius 2 is 1.84 bits per heavy atom. The molecule has 38 heavy (non-hydrogen) atoms. The van der Waals surface area contributed by atoms with Crippen molar-refractivity contribution in [2.45, 2.75) is 38.8 Å². The number of ether oxygens (including phenoxy) is 3. The summed E-state index contributed by atoms with van der Waals surface area (Å²) in [6.07, 6.45) is 6.36. The second-order valence-electron chi connectivity index (χ2n) is 8.99. The predicted molar refractivity (Wildman–Crippen MR) is 143 cm³/mol. The van der Waals surface area contributed by atoms with Crippen LogP contribution in [-0.4, -0.2) is 47.5 Å². The number of likely N-dealkylation sites (tertiary alicyclic amines) is 1. The van der Waals surface area contributed by atoms with Crippen LogP contribution >= 0.6 is 0 Å². The van der Waals surface area contributed by atoms with Crippen molar-refractivity contribution in [3.63, 3.8) is 0 Å². The Labute approximate surface area is 222 Å². The van der Waals surface area contributed by atoms with Crippen molar-refractivity contribution >= 4 is 17.4 Å². The van der Waals surface area contributed by atoms with E-state index >= 15 is 0 Å². The van der Waals surface area contributed by atoms with Crippen molar-refractivity contribution in [2.75, 3.05) is 20.8 Å². The molecule has 198 valence electrons. The van der Waals surface area contributed by atoms with Gasteiger partial charge in [0, 0.05) is 24.5 Å². The van der Waals surface area contributed by atoms with E-state index in [4.69, 9.17) is 14.2 Å². The van der Waals surface area contributed by atoms with E-state index in [2.05, 4.69) is 11.9 Å². The molecule has 1 unspecified atom stereocenters. The van der Waals surface area contributed by atoms with Gasteiger partial charge in [0.2, 0.25) is 0 Å². The Morgan fingerprint density at radius 3 is 2.55 bits per heavy atom. The number of benzene rings is 2. The maximum atomic E-state index is 13.4. The first-order valence-corrected chi connectivity index (χ1v) is 12.6. The molecular formula is C30H32N2O6. The SMILES string of the molecule is CCCCCOc1ccc(C2C(=C(O)c3cccc(OC)c3)C(=O)C(=O)N2Cc2cccnc2)cc1OC. The van der Waals surface area contributed by atoms with Crippen molar-refractivity contribution in [3.05, 3.63) is 89.3 Å². The van der Waals surface area contributed by atoms with Crippen LogP contribution in [0.15, 0.2) is 72.6 Å². The smallest absolute Gasteiger partial charge is 0.295 e. The first kappa shape index (κ1) is 26.7. The Hall–Kier alpha value is -4.33. The number of carbonyl (C=O) groups is 2. The van der Waals surface area contributed by atoms with Gasteiger partial charge in [0.05, 0.1) is 32.4 Å². The van der Waals surface area contributed by atoms with Crippen LogP contribution in [0.5, 0.6) is 17.2 Å². The highest BCUT2D eigenvalue weighted by atomic mass is 16.5. The van der Waals surface area contributed by atoms with Gasteiger partial charge >= 0.3 is 0 Å². The van der Waals surface area contributed by atoms with Crippen molar-refractivity contribution in [1.29, 1.82) is 0 Å². The fraction of sp³-hybridized carbons (Fsp3) is 0.300. The molecule has 2 heterocycles. The molecule has 3 aromatic rings. The molecule has 0 bridgehead atoms. The standard InChI is InChI=1S/C30H32N2O6/c1-4-5-6-15-38-24-13-12-21(17-25(24)37-3)27-26(28(33)22-10-7-11-23(16-22)36-2)29(34)30(35)32(27)19-20-9-8-14-31-18-20/h7-14,16-18,27,33H,4-6,15,19H2,1-3H3. The number of Topliss-reactive ketones (excluding diaryl/α,β-unsaturated/α-hetero) is 1. The number of aromatic nitrogens is 1. The van der Waals surface area contributed by atoms with E-state index in [1.54, 1.807) is 68.0 Å². The summed E-state index contributed by atoms with van der Waals surface area (Å²) >= 11 is 0. The number of hydrogen-bond donors (Lipinski definition) is 1. The highest BCUT2D eigenvalue weighted by molar-refractivity contribution is 6.46. The van der Waals surface area contributed by atoms with E-state index < -0.39 is 17.7 Å². The maximum Gasteiger partial charge on any atom is 0.295 e. The predicted octanol–water partition coefficient (Wildman–Crippen LogP) is 5.29. The van der Waals surface area contributed by atoms with Gasteiger partial charge in [-0.2, -0.15) is 0 Å². The van der Waals surface area contributed by atoms with Crippen LogP contribution in [0.4, 0.5) is 0 Å². The van der Waals surface area contributed by atoms with E-state index in [1.165, 1.54) is 12.0 Å². The van der Waals surface area contributed by atoms with Gasteiger partial charge < -0.3 is 24.2 Å². The lowest BCUT2D eigenvalue weighted by molar-refractivity contribution is -0.140. The summed E-state index contributed by atoms with van der Waals surface area (Å²) in [5.41, 5.74) is 1.72. The van der Waals surface area contributed by atoms with Gasteiger partial charge in [0.1, 0.15) is 11.5 Å². The van der Waals surface area contributed by atoms with E-state index in [9.17, 15) is 14.7 Å². The summed E-state index contributed by atoms with van der Waals surface area (Å²) in [5, 5.41) is 11.3. The van der Waals surface area contributed by atoms with Crippen LogP contribution in [0.25, 0.3) is 5.76 Å². The van der Waals surface area contributed by atoms with Crippen LogP contribution in [-0.2, 0) is 16.1 Å². The molecule has 1 aliphatic heterocycles. The lowest BCUT2D eigenvalue weighted by atomic mass is 9.94. The Morgan fingerprint density at radius 1 is 1.00 bits per heavy atom. The summed E-state index contributed by atoms with van der Waals surface area (Å²) < 4.78 is 16.8. The molecular weight excluding hydrogens is 484 g/mol. The monoisotopic (exact) mass is 516 g/mol. The molecule has 1 N–H and O–H groups in total. The van der Waals surface area contributed by atoms with E-state index in [0.29, 0.717) is 35.0 Å². The van der Waals surface area contributed by atoms with Gasteiger partial charge in [-0.1, -0.05) is 44.0 Å². The molecule has 8 heteroatoms. The number of nitrogens with zero attached hydrogens (tertiary/aromatic N) is 2. The van der Waals surface area contributed by atoms with E-state index in [1.807, 2.05) is 6.07 Å². The van der Waals surface area contributed by atoms with Gasteiger partial charge in [-0.3, -0.25) is 14.6 Å². The summed E-state index contributed by atoms with van der Waals surface area (Å²) in [6.45, 7) is 2.82. The number of methoxy groups -OCH3 is 2. The number of rotatable bonds is 11. The van der Waals surface area contributed by atoms with Crippen molar-refractivity contribution in [2.24, 2.45) is 0 Å². The molecule has 1 atom stereocenters. The van der Waals surface area contributed by atoms with Gasteiger partial charge in [0.25, 0.3) is 11.7 Å². The first-order chi connectivity index (χ1) is 18.5. The minimum Gasteiger partial charge on any atom is -0.507 e. The average Bonchev–Trinajstić information content (AvgIpc) is 3.20. The number of pyridine rings is 1. The molecule has 0 spiro atoms. The van der Waals surface area contributed by atoms with E-state index in [0.717, 1.165) is 24.8 Å². The van der Waals surface area contributed by atoms with Gasteiger partial charge in [-0.25, -0.2) is 0 Å². The average molecular weight is 517 g/mol. The minimum absolute atomic E-state index is 0.00851. The molecule has 1 saturated heterocycles. The normalized spacial score (nSPS) is 16.5. The highest BCUT2D eigenvalue weighted by Crippen LogP contribution is 2.43. The number of aliphatic hydroxyl groups excluding tert-OH is 1.